The van der Waals surface area contributed by atoms with Gasteiger partial charge in [0.2, 0.25) is 0 Å². The predicted molar refractivity (Wildman–Crippen MR) is 75.3 cm³/mol. The van der Waals surface area contributed by atoms with Crippen LogP contribution in [0.2, 0.25) is 6.32 Å². The average Bonchev–Trinajstić information content (AvgIpc) is 2.84. The molecule has 0 bridgehead atoms. The van der Waals surface area contributed by atoms with Gasteiger partial charge in [-0.1, -0.05) is 19.2 Å². The summed E-state index contributed by atoms with van der Waals surface area (Å²) in [4.78, 5) is 13.5. The molecule has 0 aromatic carbocycles. The summed E-state index contributed by atoms with van der Waals surface area (Å²) in [5.41, 5.74) is 4.85. The van der Waals surface area contributed by atoms with E-state index in [2.05, 4.69) is 4.90 Å². The van der Waals surface area contributed by atoms with Crippen LogP contribution in [0.1, 0.15) is 38.5 Å². The summed E-state index contributed by atoms with van der Waals surface area (Å²) < 4.78 is 0. The van der Waals surface area contributed by atoms with Crippen LogP contribution in [0.4, 0.5) is 0 Å². The largest absolute Gasteiger partial charge is 0.480 e. The lowest BCUT2D eigenvalue weighted by Gasteiger charge is -2.29. The van der Waals surface area contributed by atoms with Crippen LogP contribution in [-0.4, -0.2) is 60.2 Å². The maximum Gasteiger partial charge on any atom is 0.323 e. The molecule has 0 saturated carbocycles. The zero-order chi connectivity index (χ0) is 14.3. The van der Waals surface area contributed by atoms with Crippen LogP contribution in [0.15, 0.2) is 0 Å². The molecule has 1 saturated heterocycles. The minimum Gasteiger partial charge on any atom is -0.480 e. The lowest BCUT2D eigenvalue weighted by molar-refractivity contribution is -0.144. The number of carboxylic acids is 1. The number of likely N-dealkylation sites (tertiary alicyclic amines) is 1. The van der Waals surface area contributed by atoms with Crippen LogP contribution in [0.25, 0.3) is 0 Å². The van der Waals surface area contributed by atoms with Crippen molar-refractivity contribution in [2.24, 2.45) is 5.73 Å². The van der Waals surface area contributed by atoms with Gasteiger partial charge in [-0.2, -0.15) is 0 Å². The zero-order valence-corrected chi connectivity index (χ0v) is 11.6. The average molecular weight is 268 g/mol. The molecular formula is C13H25BN2O3. The topological polar surface area (TPSA) is 86.8 Å². The van der Waals surface area contributed by atoms with Crippen LogP contribution < -0.4 is 5.73 Å². The summed E-state index contributed by atoms with van der Waals surface area (Å²) in [6.07, 6.45) is 5.02. The van der Waals surface area contributed by atoms with Crippen molar-refractivity contribution in [1.29, 1.82) is 0 Å². The molecule has 2 radical (unpaired) electrons. The number of hydrogen-bond acceptors (Lipinski definition) is 4. The molecule has 6 heteroatoms. The van der Waals surface area contributed by atoms with Gasteiger partial charge < -0.3 is 15.9 Å². The van der Waals surface area contributed by atoms with Gasteiger partial charge >= 0.3 is 5.97 Å². The van der Waals surface area contributed by atoms with Crippen LogP contribution in [0.3, 0.4) is 0 Å². The first kappa shape index (κ1) is 16.5. The Hall–Kier alpha value is -0.585. The highest BCUT2D eigenvalue weighted by molar-refractivity contribution is 6.08. The van der Waals surface area contributed by atoms with Crippen molar-refractivity contribution in [1.82, 2.24) is 4.90 Å². The van der Waals surface area contributed by atoms with E-state index in [0.717, 1.165) is 32.2 Å². The Bertz CT molecular complexity index is 291. The molecule has 5 nitrogen and oxygen atoms in total. The SMILES string of the molecule is [B]CCCC[C@@](N)(CCN1CCC[C@H]1CO)C(=O)O. The second-order valence-electron chi connectivity index (χ2n) is 5.47. The smallest absolute Gasteiger partial charge is 0.323 e. The highest BCUT2D eigenvalue weighted by atomic mass is 16.4. The number of unbranched alkanes of at least 4 members (excludes halogenated alkanes) is 1. The monoisotopic (exact) mass is 268 g/mol. The number of nitrogens with two attached hydrogens (primary N) is 1. The lowest BCUT2D eigenvalue weighted by atomic mass is 9.88. The van der Waals surface area contributed by atoms with Crippen molar-refractivity contribution < 1.29 is 15.0 Å². The molecule has 19 heavy (non-hydrogen) atoms. The van der Waals surface area contributed by atoms with Gasteiger partial charge in [-0.15, -0.1) is 0 Å². The molecule has 0 unspecified atom stereocenters. The van der Waals surface area contributed by atoms with Gasteiger partial charge in [-0.3, -0.25) is 9.69 Å². The molecule has 0 aromatic rings. The molecular weight excluding hydrogens is 243 g/mol. The second kappa shape index (κ2) is 7.87. The van der Waals surface area contributed by atoms with E-state index < -0.39 is 11.5 Å². The fraction of sp³-hybridized carbons (Fsp3) is 0.923. The number of rotatable bonds is 9. The molecule has 0 amide bonds. The van der Waals surface area contributed by atoms with Crippen LogP contribution >= 0.6 is 0 Å². The van der Waals surface area contributed by atoms with Crippen molar-refractivity contribution in [2.75, 3.05) is 19.7 Å². The Morgan fingerprint density at radius 1 is 1.42 bits per heavy atom. The second-order valence-corrected chi connectivity index (χ2v) is 5.47. The summed E-state index contributed by atoms with van der Waals surface area (Å²) in [5.74, 6) is -0.940. The number of aliphatic hydroxyl groups excluding tert-OH is 1. The number of carbonyl (C=O) groups is 1. The first-order chi connectivity index (χ1) is 9.03. The van der Waals surface area contributed by atoms with E-state index >= 15 is 0 Å². The highest BCUT2D eigenvalue weighted by Crippen LogP contribution is 2.22. The Labute approximate surface area is 116 Å². The van der Waals surface area contributed by atoms with E-state index in [-0.39, 0.29) is 12.6 Å². The normalized spacial score (nSPS) is 23.4. The van der Waals surface area contributed by atoms with Crippen molar-refractivity contribution in [3.05, 3.63) is 0 Å². The number of carboxylic acid groups (broad SMARTS) is 1. The number of nitrogens with zero attached hydrogens (tertiary/aromatic N) is 1. The minimum absolute atomic E-state index is 0.137. The molecule has 1 aliphatic heterocycles. The summed E-state index contributed by atoms with van der Waals surface area (Å²) >= 11 is 0. The molecule has 1 heterocycles. The Kier molecular flexibility index (Phi) is 6.82. The molecule has 1 fully saturated rings. The number of aliphatic hydroxyl groups is 1. The van der Waals surface area contributed by atoms with Crippen LogP contribution in [0, 0.1) is 0 Å². The van der Waals surface area contributed by atoms with Gasteiger partial charge in [-0.05, 0) is 32.2 Å². The predicted octanol–water partition coefficient (Wildman–Crippen LogP) is 0.372. The quantitative estimate of drug-likeness (QED) is 0.415. The molecule has 2 atom stereocenters. The lowest BCUT2D eigenvalue weighted by Crippen LogP contribution is -2.50. The minimum atomic E-state index is -1.17. The van der Waals surface area contributed by atoms with Crippen molar-refractivity contribution in [2.45, 2.75) is 56.4 Å². The van der Waals surface area contributed by atoms with E-state index in [1.807, 2.05) is 0 Å². The molecule has 0 aliphatic carbocycles. The standard InChI is InChI=1S/C13H25BN2O3/c14-7-2-1-5-13(15,12(18)19)6-9-16-8-3-4-11(16)10-17/h11,17H,1-10,15H2,(H,18,19)/t11-,13+/m0/s1. The highest BCUT2D eigenvalue weighted by Gasteiger charge is 2.35. The maximum atomic E-state index is 11.3. The van der Waals surface area contributed by atoms with E-state index in [1.54, 1.807) is 0 Å². The fourth-order valence-electron chi connectivity index (χ4n) is 2.66. The first-order valence-corrected chi connectivity index (χ1v) is 7.11. The first-order valence-electron chi connectivity index (χ1n) is 7.11. The van der Waals surface area contributed by atoms with E-state index in [0.29, 0.717) is 25.7 Å². The summed E-state index contributed by atoms with van der Waals surface area (Å²) in [5, 5.41) is 18.5. The third kappa shape index (κ3) is 4.78. The van der Waals surface area contributed by atoms with Crippen molar-refractivity contribution >= 4 is 13.8 Å². The third-order valence-corrected chi connectivity index (χ3v) is 4.06. The number of aliphatic carboxylic acids is 1. The van der Waals surface area contributed by atoms with Gasteiger partial charge in [0.1, 0.15) is 5.54 Å². The molecule has 1 rings (SSSR count). The van der Waals surface area contributed by atoms with E-state index in [4.69, 9.17) is 13.6 Å². The van der Waals surface area contributed by atoms with Crippen LogP contribution in [0.5, 0.6) is 0 Å². The maximum absolute atomic E-state index is 11.3. The zero-order valence-electron chi connectivity index (χ0n) is 11.6. The Morgan fingerprint density at radius 3 is 2.74 bits per heavy atom. The van der Waals surface area contributed by atoms with Gasteiger partial charge in [0.25, 0.3) is 0 Å². The van der Waals surface area contributed by atoms with Gasteiger partial charge in [-0.25, -0.2) is 0 Å². The van der Waals surface area contributed by atoms with E-state index in [9.17, 15) is 15.0 Å². The molecule has 4 N–H and O–H groups in total. The third-order valence-electron chi connectivity index (χ3n) is 4.06. The number of hydrogen-bond donors (Lipinski definition) is 3. The Balaban J connectivity index is 2.46. The Morgan fingerprint density at radius 2 is 2.16 bits per heavy atom. The van der Waals surface area contributed by atoms with Gasteiger partial charge in [0.05, 0.1) is 14.5 Å². The molecule has 1 aliphatic rings. The van der Waals surface area contributed by atoms with E-state index in [1.165, 1.54) is 0 Å². The molecule has 0 spiro atoms. The van der Waals surface area contributed by atoms with Gasteiger partial charge in [0.15, 0.2) is 0 Å². The molecule has 108 valence electrons. The van der Waals surface area contributed by atoms with Crippen molar-refractivity contribution in [3.63, 3.8) is 0 Å². The summed E-state index contributed by atoms with van der Waals surface area (Å²) in [7, 11) is 5.42. The van der Waals surface area contributed by atoms with Gasteiger partial charge in [0, 0.05) is 12.6 Å². The van der Waals surface area contributed by atoms with Crippen LogP contribution in [-0.2, 0) is 4.79 Å². The summed E-state index contributed by atoms with van der Waals surface area (Å²) in [6.45, 7) is 1.69. The fourth-order valence-corrected chi connectivity index (χ4v) is 2.66. The molecule has 0 aromatic heterocycles. The summed E-state index contributed by atoms with van der Waals surface area (Å²) in [6, 6.07) is 0.169. The van der Waals surface area contributed by atoms with Crippen molar-refractivity contribution in [3.8, 4) is 0 Å².